The Balaban J connectivity index is 0.000000302. The van der Waals surface area contributed by atoms with Crippen molar-refractivity contribution in [2.75, 3.05) is 65.9 Å². The Kier molecular flexibility index (Phi) is 27.2. The van der Waals surface area contributed by atoms with Crippen LogP contribution in [0.15, 0.2) is 0 Å². The molecule has 0 radical (unpaired) electrons. The van der Waals surface area contributed by atoms with Gasteiger partial charge in [0.1, 0.15) is 152 Å². The average molecular weight is 1200 g/mol. The van der Waals surface area contributed by atoms with Gasteiger partial charge < -0.3 is 175 Å². The van der Waals surface area contributed by atoms with Crippen molar-refractivity contribution >= 4 is 6.09 Å². The predicted molar refractivity (Wildman–Crippen MR) is 253 cm³/mol. The number of ether oxygens (including phenoxy) is 13. The van der Waals surface area contributed by atoms with E-state index in [0.717, 1.165) is 0 Å². The molecular formula is C45H82N2O34. The highest BCUT2D eigenvalue weighted by Crippen LogP contribution is 2.35. The van der Waals surface area contributed by atoms with Crippen molar-refractivity contribution in [2.24, 2.45) is 5.73 Å². The van der Waals surface area contributed by atoms with Crippen LogP contribution in [0.5, 0.6) is 0 Å². The summed E-state index contributed by atoms with van der Waals surface area (Å²) in [7, 11) is 0. The highest BCUT2D eigenvalue weighted by Gasteiger charge is 2.56. The maximum Gasteiger partial charge on any atom is 0.407 e. The van der Waals surface area contributed by atoms with Gasteiger partial charge in [-0.05, 0) is 20.8 Å². The molecule has 0 aromatic heterocycles. The van der Waals surface area contributed by atoms with Gasteiger partial charge in [0.25, 0.3) is 0 Å². The van der Waals surface area contributed by atoms with E-state index in [1.807, 2.05) is 0 Å². The van der Waals surface area contributed by atoms with Crippen molar-refractivity contribution in [2.45, 2.75) is 211 Å². The molecule has 6 fully saturated rings. The fraction of sp³-hybridized carbons (Fsp3) is 0.978. The maximum absolute atomic E-state index is 11.8. The van der Waals surface area contributed by atoms with Crippen LogP contribution in [0.1, 0.15) is 20.8 Å². The topological polar surface area (TPSA) is 580 Å². The minimum absolute atomic E-state index is 0.0111. The molecule has 0 bridgehead atoms. The largest absolute Gasteiger partial charge is 0.444 e. The van der Waals surface area contributed by atoms with Crippen LogP contribution in [0.2, 0.25) is 0 Å². The third-order valence-electron chi connectivity index (χ3n) is 13.6. The lowest BCUT2D eigenvalue weighted by molar-refractivity contribution is -0.379. The summed E-state index contributed by atoms with van der Waals surface area (Å²) in [5.74, 6) is 0. The molecular weight excluding hydrogens is 1110 g/mol. The summed E-state index contributed by atoms with van der Waals surface area (Å²) in [4.78, 5) is 11.8. The number of hydrogen-bond donors (Lipinski definition) is 22. The zero-order valence-electron chi connectivity index (χ0n) is 44.1. The molecule has 36 heteroatoms. The summed E-state index contributed by atoms with van der Waals surface area (Å²) in [6.07, 6.45) is -49.8. The van der Waals surface area contributed by atoms with E-state index in [2.05, 4.69) is 5.32 Å². The number of carbonyl (C=O) groups is 1. The van der Waals surface area contributed by atoms with E-state index in [4.69, 9.17) is 67.3 Å². The Hall–Kier alpha value is -2.05. The lowest BCUT2D eigenvalue weighted by Gasteiger charge is -2.48. The molecule has 1 amide bonds. The normalized spacial score (nSPS) is 46.1. The van der Waals surface area contributed by atoms with Crippen LogP contribution in [0.3, 0.4) is 0 Å². The third kappa shape index (κ3) is 17.1. The van der Waals surface area contributed by atoms with E-state index < -0.39 is 236 Å². The maximum atomic E-state index is 11.8. The van der Waals surface area contributed by atoms with E-state index in [-0.39, 0.29) is 26.3 Å². The van der Waals surface area contributed by atoms with Gasteiger partial charge in [0.15, 0.2) is 37.7 Å². The van der Waals surface area contributed by atoms with Crippen LogP contribution in [0, 0.1) is 0 Å². The molecule has 6 heterocycles. The molecule has 6 saturated heterocycles. The summed E-state index contributed by atoms with van der Waals surface area (Å²) in [6.45, 7) is 0.311. The molecule has 6 rings (SSSR count). The van der Waals surface area contributed by atoms with Crippen LogP contribution < -0.4 is 11.1 Å². The second kappa shape index (κ2) is 31.6. The van der Waals surface area contributed by atoms with Crippen molar-refractivity contribution in [1.29, 1.82) is 0 Å². The van der Waals surface area contributed by atoms with Gasteiger partial charge in [-0.15, -0.1) is 0 Å². The van der Waals surface area contributed by atoms with Gasteiger partial charge in [-0.1, -0.05) is 0 Å². The molecule has 0 aromatic rings. The van der Waals surface area contributed by atoms with Crippen molar-refractivity contribution < 1.29 is 169 Å². The van der Waals surface area contributed by atoms with Crippen LogP contribution in [0.25, 0.3) is 0 Å². The van der Waals surface area contributed by atoms with Crippen LogP contribution >= 0.6 is 0 Å². The standard InChI is InChI=1S/C25H45NO18.C20H37NO16/c1-25(2,3)44-24(37)26-4-5-38-21-17(35)14(32)19(10(7-28)40-21)43-23-18(36)15(33)20(11(8-29)41-23)42-22-16(34)13(31)12(30)9(6-27)39-22;21-1-2-32-18-14(30)11(27)16(7(4-23)34-18)37-20-15(31)12(28)17(8(5-24)35-20)36-19-13(29)10(26)9(25)6(3-22)33-19/h9-23,27-36H,4-8H2,1-3H3,(H,26,37);6-20,22-31H,1-5,21H2/t9?,10-,11?,12-,13-,14?,15+,16?,17?,18?,19+,20-,21+,22+,23-;6?,7-,8?,9-,10-,11?,12+,13?,14?,15?,16+,17-,18+,19+,20-/m00/s1. The van der Waals surface area contributed by atoms with Crippen molar-refractivity contribution in [1.82, 2.24) is 5.32 Å². The Bertz CT molecular complexity index is 1820. The van der Waals surface area contributed by atoms with Gasteiger partial charge in [0.05, 0.1) is 52.9 Å². The predicted octanol–water partition coefficient (Wildman–Crippen LogP) is -13.6. The summed E-state index contributed by atoms with van der Waals surface area (Å²) >= 11 is 0. The van der Waals surface area contributed by atoms with E-state index in [1.54, 1.807) is 20.8 Å². The van der Waals surface area contributed by atoms with Gasteiger partial charge in [0, 0.05) is 13.1 Å². The van der Waals surface area contributed by atoms with Crippen molar-refractivity contribution in [3.05, 3.63) is 0 Å². The average Bonchev–Trinajstić information content (AvgIpc) is 3.53. The fourth-order valence-electron chi connectivity index (χ4n) is 9.19. The van der Waals surface area contributed by atoms with E-state index in [0.29, 0.717) is 0 Å². The molecule has 36 nitrogen and oxygen atoms in total. The highest BCUT2D eigenvalue weighted by molar-refractivity contribution is 5.67. The second-order valence-corrected chi connectivity index (χ2v) is 20.6. The zero-order valence-corrected chi connectivity index (χ0v) is 44.1. The number of aliphatic hydroxyl groups is 20. The Morgan fingerprint density at radius 1 is 0.383 bits per heavy atom. The molecule has 6 aliphatic heterocycles. The van der Waals surface area contributed by atoms with Gasteiger partial charge in [-0.25, -0.2) is 4.79 Å². The molecule has 476 valence electrons. The molecule has 12 unspecified atom stereocenters. The van der Waals surface area contributed by atoms with Gasteiger partial charge in [-0.3, -0.25) is 0 Å². The molecule has 0 aliphatic carbocycles. The van der Waals surface area contributed by atoms with E-state index in [1.165, 1.54) is 0 Å². The van der Waals surface area contributed by atoms with E-state index >= 15 is 0 Å². The highest BCUT2D eigenvalue weighted by atomic mass is 16.8. The van der Waals surface area contributed by atoms with Gasteiger partial charge in [0.2, 0.25) is 0 Å². The summed E-state index contributed by atoms with van der Waals surface area (Å²) in [6, 6.07) is 0. The number of nitrogens with two attached hydrogens (primary N) is 1. The van der Waals surface area contributed by atoms with Crippen LogP contribution in [0.4, 0.5) is 4.79 Å². The second-order valence-electron chi connectivity index (χ2n) is 20.6. The van der Waals surface area contributed by atoms with Gasteiger partial charge >= 0.3 is 6.09 Å². The number of rotatable bonds is 21. The number of nitrogens with one attached hydrogen (secondary N) is 1. The molecule has 0 spiro atoms. The number of alkyl carbamates (subject to hydrolysis) is 1. The zero-order chi connectivity index (χ0) is 60.4. The minimum Gasteiger partial charge on any atom is -0.444 e. The minimum atomic E-state index is -1.94. The lowest BCUT2D eigenvalue weighted by Crippen LogP contribution is -2.66. The molecule has 6 aliphatic rings. The summed E-state index contributed by atoms with van der Waals surface area (Å²) in [5.41, 5.74) is 4.63. The molecule has 30 atom stereocenters. The Morgan fingerprint density at radius 3 is 0.926 bits per heavy atom. The van der Waals surface area contributed by atoms with Crippen molar-refractivity contribution in [3.63, 3.8) is 0 Å². The Morgan fingerprint density at radius 2 is 0.642 bits per heavy atom. The first-order valence-electron chi connectivity index (χ1n) is 25.8. The summed E-state index contributed by atoms with van der Waals surface area (Å²) < 4.78 is 70.2. The first-order chi connectivity index (χ1) is 38.2. The van der Waals surface area contributed by atoms with Gasteiger partial charge in [-0.2, -0.15) is 0 Å². The smallest absolute Gasteiger partial charge is 0.407 e. The quantitative estimate of drug-likeness (QED) is 0.0475. The number of amides is 1. The molecule has 0 saturated carbocycles. The molecule has 0 aromatic carbocycles. The molecule has 23 N–H and O–H groups in total. The number of carbonyl (C=O) groups excluding carboxylic acids is 1. The first kappa shape index (κ1) is 69.7. The number of hydrogen-bond acceptors (Lipinski definition) is 35. The van der Waals surface area contributed by atoms with Crippen LogP contribution in [-0.4, -0.2) is 364 Å². The Labute approximate surface area is 461 Å². The molecule has 81 heavy (non-hydrogen) atoms. The summed E-state index contributed by atoms with van der Waals surface area (Å²) in [5, 5.41) is 206. The fourth-order valence-corrected chi connectivity index (χ4v) is 9.19. The van der Waals surface area contributed by atoms with Crippen LogP contribution in [-0.2, 0) is 61.6 Å². The third-order valence-corrected chi connectivity index (χ3v) is 13.6. The monoisotopic (exact) mass is 1190 g/mol. The SMILES string of the molecule is CC(C)(C)OC(=O)NCCO[C@@H]1O[C@@H](CO)[C@@H](O[C@@H]2OC(CO)[C@H](O[C@H]3OC(CO)[C@H](O)[C@H](O)C3O)[C@H](O)C2O)C(O)C1O.NCCO[C@@H]1O[C@@H](CO)[C@@H](O[C@@H]2OC(CO)[C@H](O[C@H]3OC(CO)[C@H](O)[C@H](O)C3O)[C@H](O)C2O)C(O)C1O. The van der Waals surface area contributed by atoms with E-state index in [9.17, 15) is 107 Å². The lowest BCUT2D eigenvalue weighted by atomic mass is 9.96. The number of aliphatic hydroxyl groups excluding tert-OH is 20. The van der Waals surface area contributed by atoms with Crippen molar-refractivity contribution in [3.8, 4) is 0 Å². The first-order valence-corrected chi connectivity index (χ1v) is 25.8.